The van der Waals surface area contributed by atoms with Gasteiger partial charge in [-0.25, -0.2) is 0 Å². The fourth-order valence-electron chi connectivity index (χ4n) is 6.28. The minimum absolute atomic E-state index is 0.352. The smallest absolute Gasteiger partial charge is 0.122 e. The summed E-state index contributed by atoms with van der Waals surface area (Å²) >= 11 is 0. The first kappa shape index (κ1) is 16.0. The number of hydrogen-bond acceptors (Lipinski definition) is 3. The third-order valence-corrected chi connectivity index (χ3v) is 7.08. The lowest BCUT2D eigenvalue weighted by Crippen LogP contribution is -2.28. The molecule has 136 valence electrons. The number of ether oxygens (including phenoxy) is 2. The molecule has 1 N–H and O–H groups in total. The molecule has 0 aromatic heterocycles. The van der Waals surface area contributed by atoms with Gasteiger partial charge in [0.1, 0.15) is 11.5 Å². The highest BCUT2D eigenvalue weighted by Crippen LogP contribution is 2.67. The summed E-state index contributed by atoms with van der Waals surface area (Å²) in [7, 11) is 3.51. The lowest BCUT2D eigenvalue weighted by molar-refractivity contribution is 0.263. The van der Waals surface area contributed by atoms with Gasteiger partial charge in [-0.15, -0.1) is 0 Å². The van der Waals surface area contributed by atoms with Gasteiger partial charge in [-0.2, -0.15) is 0 Å². The summed E-state index contributed by atoms with van der Waals surface area (Å²) in [6, 6.07) is 14.7. The number of hydrogen-bond donors (Lipinski definition) is 1. The summed E-state index contributed by atoms with van der Waals surface area (Å²) in [4.78, 5) is 0. The van der Waals surface area contributed by atoms with Crippen molar-refractivity contribution in [3.63, 3.8) is 0 Å². The molecule has 3 heteroatoms. The van der Waals surface area contributed by atoms with Gasteiger partial charge in [0, 0.05) is 28.4 Å². The second kappa shape index (κ2) is 5.94. The SMILES string of the molecule is COc1cccc(Nc2ccc(OC)c(C34CC5CC(CC3C5)C4)c2)c1. The van der Waals surface area contributed by atoms with Crippen LogP contribution >= 0.6 is 0 Å². The van der Waals surface area contributed by atoms with E-state index in [0.29, 0.717) is 5.41 Å². The predicted molar refractivity (Wildman–Crippen MR) is 105 cm³/mol. The normalized spacial score (nSPS) is 31.2. The maximum atomic E-state index is 5.80. The fraction of sp³-hybridized carbons (Fsp3) is 0.478. The lowest BCUT2D eigenvalue weighted by Gasteiger charge is -2.35. The van der Waals surface area contributed by atoms with E-state index in [4.69, 9.17) is 9.47 Å². The van der Waals surface area contributed by atoms with E-state index >= 15 is 0 Å². The van der Waals surface area contributed by atoms with Crippen LogP contribution in [0.2, 0.25) is 0 Å². The molecule has 4 aliphatic carbocycles. The molecule has 0 radical (unpaired) electrons. The molecule has 4 bridgehead atoms. The van der Waals surface area contributed by atoms with Gasteiger partial charge in [0.15, 0.2) is 0 Å². The Morgan fingerprint density at radius 3 is 2.38 bits per heavy atom. The van der Waals surface area contributed by atoms with Crippen LogP contribution in [0.3, 0.4) is 0 Å². The van der Waals surface area contributed by atoms with Crippen molar-refractivity contribution < 1.29 is 9.47 Å². The fourth-order valence-corrected chi connectivity index (χ4v) is 6.28. The zero-order valence-corrected chi connectivity index (χ0v) is 15.6. The average molecular weight is 349 g/mol. The van der Waals surface area contributed by atoms with Crippen LogP contribution in [0.5, 0.6) is 11.5 Å². The van der Waals surface area contributed by atoms with E-state index in [0.717, 1.165) is 40.6 Å². The van der Waals surface area contributed by atoms with Crippen molar-refractivity contribution in [2.75, 3.05) is 19.5 Å². The minimum Gasteiger partial charge on any atom is -0.497 e. The predicted octanol–water partition coefficient (Wildman–Crippen LogP) is 5.53. The Bertz CT molecular complexity index is 817. The second-order valence-electron chi connectivity index (χ2n) is 8.47. The minimum atomic E-state index is 0.352. The Morgan fingerprint density at radius 1 is 0.885 bits per heavy atom. The molecule has 0 aliphatic heterocycles. The van der Waals surface area contributed by atoms with Crippen molar-refractivity contribution in [3.05, 3.63) is 48.0 Å². The molecule has 4 aliphatic rings. The molecule has 0 saturated heterocycles. The van der Waals surface area contributed by atoms with E-state index in [9.17, 15) is 0 Å². The number of methoxy groups -OCH3 is 2. The van der Waals surface area contributed by atoms with E-state index in [1.54, 1.807) is 7.11 Å². The first-order valence-electron chi connectivity index (χ1n) is 9.80. The van der Waals surface area contributed by atoms with Crippen LogP contribution in [-0.4, -0.2) is 14.2 Å². The van der Waals surface area contributed by atoms with Crippen LogP contribution in [0.15, 0.2) is 42.5 Å². The van der Waals surface area contributed by atoms with Gasteiger partial charge in [-0.3, -0.25) is 0 Å². The summed E-state index contributed by atoms with van der Waals surface area (Å²) in [5, 5.41) is 3.56. The van der Waals surface area contributed by atoms with Gasteiger partial charge in [0.25, 0.3) is 0 Å². The molecule has 0 heterocycles. The zero-order chi connectivity index (χ0) is 17.7. The molecule has 2 unspecified atom stereocenters. The highest BCUT2D eigenvalue weighted by Gasteiger charge is 2.59. The molecule has 4 fully saturated rings. The average Bonchev–Trinajstić information content (AvgIpc) is 3.06. The number of anilines is 2. The van der Waals surface area contributed by atoms with E-state index in [1.165, 1.54) is 37.7 Å². The highest BCUT2D eigenvalue weighted by molar-refractivity contribution is 5.64. The summed E-state index contributed by atoms with van der Waals surface area (Å²) < 4.78 is 11.2. The van der Waals surface area contributed by atoms with Crippen LogP contribution in [-0.2, 0) is 5.41 Å². The Hall–Kier alpha value is -2.16. The van der Waals surface area contributed by atoms with E-state index < -0.39 is 0 Å². The van der Waals surface area contributed by atoms with Crippen LogP contribution < -0.4 is 14.8 Å². The lowest BCUT2D eigenvalue weighted by atomic mass is 9.70. The van der Waals surface area contributed by atoms with E-state index in [-0.39, 0.29) is 0 Å². The van der Waals surface area contributed by atoms with E-state index in [2.05, 4.69) is 29.6 Å². The molecule has 26 heavy (non-hydrogen) atoms. The summed E-state index contributed by atoms with van der Waals surface area (Å²) in [5.41, 5.74) is 3.97. The summed E-state index contributed by atoms with van der Waals surface area (Å²) in [6.07, 6.45) is 7.02. The molecule has 2 aromatic carbocycles. The third-order valence-electron chi connectivity index (χ3n) is 7.08. The molecule has 4 saturated carbocycles. The Kier molecular flexibility index (Phi) is 3.66. The topological polar surface area (TPSA) is 30.5 Å². The third kappa shape index (κ3) is 2.40. The van der Waals surface area contributed by atoms with Gasteiger partial charge in [0.05, 0.1) is 14.2 Å². The number of benzene rings is 2. The monoisotopic (exact) mass is 349 g/mol. The van der Waals surface area contributed by atoms with Crippen molar-refractivity contribution in [1.82, 2.24) is 0 Å². The van der Waals surface area contributed by atoms with E-state index in [1.807, 2.05) is 25.3 Å². The van der Waals surface area contributed by atoms with Crippen molar-refractivity contribution in [3.8, 4) is 11.5 Å². The maximum Gasteiger partial charge on any atom is 0.122 e. The van der Waals surface area contributed by atoms with Gasteiger partial charge < -0.3 is 14.8 Å². The number of nitrogens with one attached hydrogen (secondary N) is 1. The summed E-state index contributed by atoms with van der Waals surface area (Å²) in [6.45, 7) is 0. The van der Waals surface area contributed by atoms with Gasteiger partial charge in [-0.1, -0.05) is 6.07 Å². The van der Waals surface area contributed by atoms with Crippen LogP contribution in [0.1, 0.15) is 37.7 Å². The summed E-state index contributed by atoms with van der Waals surface area (Å²) in [5.74, 6) is 4.66. The van der Waals surface area contributed by atoms with Crippen LogP contribution in [0.4, 0.5) is 11.4 Å². The standard InChI is InChI=1S/C23H27NO2/c1-25-20-5-3-4-18(11-20)24-19-6-7-22(26-2)21(12-19)23-13-15-8-16(14-23)10-17(23)9-15/h3-7,11-12,15-17,24H,8-10,13-14H2,1-2H3. The largest absolute Gasteiger partial charge is 0.497 e. The molecule has 0 spiro atoms. The first-order chi connectivity index (χ1) is 12.7. The van der Waals surface area contributed by atoms with Crippen molar-refractivity contribution >= 4 is 11.4 Å². The van der Waals surface area contributed by atoms with Crippen LogP contribution in [0, 0.1) is 17.8 Å². The van der Waals surface area contributed by atoms with Gasteiger partial charge in [0.2, 0.25) is 0 Å². The maximum absolute atomic E-state index is 5.80. The Morgan fingerprint density at radius 2 is 1.65 bits per heavy atom. The first-order valence-corrected chi connectivity index (χ1v) is 9.80. The highest BCUT2D eigenvalue weighted by atomic mass is 16.5. The molecule has 0 amide bonds. The molecule has 2 aromatic rings. The van der Waals surface area contributed by atoms with Crippen LogP contribution in [0.25, 0.3) is 0 Å². The van der Waals surface area contributed by atoms with Crippen molar-refractivity contribution in [2.45, 2.75) is 37.5 Å². The van der Waals surface area contributed by atoms with Crippen molar-refractivity contribution in [2.24, 2.45) is 17.8 Å². The van der Waals surface area contributed by atoms with Crippen molar-refractivity contribution in [1.29, 1.82) is 0 Å². The van der Waals surface area contributed by atoms with Gasteiger partial charge >= 0.3 is 0 Å². The zero-order valence-electron chi connectivity index (χ0n) is 15.6. The number of rotatable bonds is 5. The quantitative estimate of drug-likeness (QED) is 0.770. The Labute approximate surface area is 155 Å². The van der Waals surface area contributed by atoms with Gasteiger partial charge in [-0.05, 0) is 80.2 Å². The molecular weight excluding hydrogens is 322 g/mol. The molecule has 6 rings (SSSR count). The molecular formula is C23H27NO2. The molecule has 2 atom stereocenters. The molecule has 3 nitrogen and oxygen atoms in total. The Balaban J connectivity index is 1.51. The second-order valence-corrected chi connectivity index (χ2v) is 8.47.